The average molecular weight is 1220 g/mol. The van der Waals surface area contributed by atoms with Gasteiger partial charge in [-0.3, -0.25) is 0 Å². The third-order valence-electron chi connectivity index (χ3n) is 15.9. The summed E-state index contributed by atoms with van der Waals surface area (Å²) in [6.07, 6.45) is -66.9. The first-order valence-electron chi connectivity index (χ1n) is 27.3. The number of hydrogen-bond acceptors (Lipinski definition) is 33. The Morgan fingerprint density at radius 1 is 0.205 bits per heavy atom. The molecule has 21 saturated heterocycles. The lowest BCUT2D eigenvalue weighted by atomic mass is 9.94. The highest BCUT2D eigenvalue weighted by Gasteiger charge is 2.60. The maximum absolute atomic E-state index is 11.8. The zero-order valence-corrected chi connectivity index (χ0v) is 46.3. The van der Waals surface area contributed by atoms with E-state index in [4.69, 9.17) is 66.3 Å². The van der Waals surface area contributed by atoms with E-state index in [-0.39, 0.29) is 22.1 Å². The van der Waals surface area contributed by atoms with Crippen molar-refractivity contribution >= 4 is 0 Å². The van der Waals surface area contributed by atoms with Crippen molar-refractivity contribution in [2.75, 3.05) is 88.4 Å². The molecule has 0 aromatic carbocycles. The highest BCUT2D eigenvalue weighted by atomic mass is 16.8. The topological polar surface area (TPSA) is 514 Å². The van der Waals surface area contributed by atoms with Crippen molar-refractivity contribution in [1.29, 1.82) is 0 Å². The summed E-state index contributed by atoms with van der Waals surface area (Å²) >= 11 is 0. The number of rotatable bonds is 9. The van der Waals surface area contributed by atoms with Gasteiger partial charge in [-0.15, -0.1) is 0 Å². The summed E-state index contributed by atoms with van der Waals surface area (Å²) in [6.45, 7) is -5.15. The molecule has 83 heavy (non-hydrogen) atoms. The first-order chi connectivity index (χ1) is 38.9. The Hall–Kier alpha value is -1.40. The number of hydrogen-bond donors (Lipinski definition) is 19. The van der Waals surface area contributed by atoms with Crippen LogP contribution in [0.3, 0.4) is 0 Å². The van der Waals surface area contributed by atoms with Crippen LogP contribution in [0.5, 0.6) is 0 Å². The zero-order chi connectivity index (χ0) is 61.1. The number of ether oxygens (including phenoxy) is 14. The molecule has 35 heteroatoms. The Bertz CT molecular complexity index is 2010. The molecule has 0 aromatic rings. The predicted octanol–water partition coefficient (Wildman–Crippen LogP) is -13.8. The molecule has 35 atom stereocenters. The van der Waals surface area contributed by atoms with Crippen LogP contribution < -0.4 is 0 Å². The largest absolute Gasteiger partial charge is 0.394 e. The van der Waals surface area contributed by atoms with Crippen LogP contribution >= 0.6 is 0 Å². The maximum atomic E-state index is 11.8. The van der Waals surface area contributed by atoms with Crippen molar-refractivity contribution in [3.8, 4) is 0 Å². The Morgan fingerprint density at radius 2 is 0.337 bits per heavy atom. The molecule has 0 saturated carbocycles. The molecular formula is C48H86N2O33+2. The van der Waals surface area contributed by atoms with Gasteiger partial charge >= 0.3 is 0 Å². The normalized spacial score (nSPS) is 52.7. The first kappa shape index (κ1) is 67.5. The molecular weight excluding hydrogens is 1130 g/mol. The van der Waals surface area contributed by atoms with Crippen LogP contribution in [0, 0.1) is 0 Å². The Labute approximate surface area is 474 Å². The monoisotopic (exact) mass is 1220 g/mol. The lowest BCUT2D eigenvalue weighted by molar-refractivity contribution is -0.874. The number of likely N-dealkylation sites (N-methyl/N-ethyl adjacent to an activating group) is 2. The van der Waals surface area contributed by atoms with E-state index in [1.165, 1.54) is 0 Å². The highest BCUT2D eigenvalue weighted by molar-refractivity contribution is 5.02. The van der Waals surface area contributed by atoms with Crippen LogP contribution in [-0.2, 0) is 66.3 Å². The average Bonchev–Trinajstić information content (AvgIpc) is 3.60. The van der Waals surface area contributed by atoms with Gasteiger partial charge in [0.25, 0.3) is 0 Å². The molecule has 19 N–H and O–H groups in total. The Morgan fingerprint density at radius 3 is 0.470 bits per heavy atom. The second kappa shape index (κ2) is 27.4. The quantitative estimate of drug-likeness (QED) is 0.0953. The molecule has 14 bridgehead atoms. The van der Waals surface area contributed by atoms with Crippen molar-refractivity contribution in [3.63, 3.8) is 0 Å². The van der Waals surface area contributed by atoms with Gasteiger partial charge < -0.3 is 172 Å². The third kappa shape index (κ3) is 14.3. The first-order valence-corrected chi connectivity index (χ1v) is 27.3. The number of aliphatic hydroxyl groups is 19. The van der Waals surface area contributed by atoms with Crippen molar-refractivity contribution < 1.29 is 172 Å². The highest BCUT2D eigenvalue weighted by Crippen LogP contribution is 2.39. The smallest absolute Gasteiger partial charge is 0.187 e. The van der Waals surface area contributed by atoms with Crippen LogP contribution in [0.15, 0.2) is 0 Å². The van der Waals surface area contributed by atoms with Crippen LogP contribution in [-0.4, -0.2) is 409 Å². The Kier molecular flexibility index (Phi) is 22.3. The minimum atomic E-state index is -2.18. The predicted molar refractivity (Wildman–Crippen MR) is 260 cm³/mol. The van der Waals surface area contributed by atoms with E-state index in [2.05, 4.69) is 0 Å². The van der Waals surface area contributed by atoms with E-state index < -0.39 is 248 Å². The van der Waals surface area contributed by atoms with Gasteiger partial charge in [0.2, 0.25) is 0 Å². The fraction of sp³-hybridized carbons (Fsp3) is 1.00. The van der Waals surface area contributed by atoms with Gasteiger partial charge in [-0.2, -0.15) is 0 Å². The van der Waals surface area contributed by atoms with E-state index in [1.807, 2.05) is 0 Å². The molecule has 35 nitrogen and oxygen atoms in total. The van der Waals surface area contributed by atoms with Gasteiger partial charge in [-0.25, -0.2) is 0 Å². The van der Waals surface area contributed by atoms with Crippen molar-refractivity contribution in [1.82, 2.24) is 0 Å². The second-order valence-electron chi connectivity index (χ2n) is 24.2. The van der Waals surface area contributed by atoms with Gasteiger partial charge in [0.05, 0.1) is 75.3 Å². The van der Waals surface area contributed by atoms with Crippen LogP contribution in [0.4, 0.5) is 0 Å². The SMILES string of the molecule is C[N+](C)(C)C[C@H]1O[C@@H]2O[C@H]3[C@H](O)[C@@H](O)[C@@H](O[C@H]4[C@H](O)[C@@H](O)[C@@H](O[C@H]5[C@H](O)[C@@H](O)[C@@H](O[C@H]6[C@H](O)[C@@H](O)[C@@H](O[C@H]7[C@H](O)[C@@H](O)[C@@H](O[C@H]8[C@H](O)[C@@H](O)[C@@H](O[C@H]1[C@H](O)[C@H]2O)O[C@@H]8CO)O[C@@H]7C[N+](C)(C)C)O[C@@H]6CO)O[C@@H]5CO)O[C@@H]4CO)O[C@@H]3CO. The van der Waals surface area contributed by atoms with E-state index in [0.29, 0.717) is 0 Å². The molecule has 0 spiro atoms. The van der Waals surface area contributed by atoms with Crippen molar-refractivity contribution in [2.24, 2.45) is 0 Å². The molecule has 21 heterocycles. The van der Waals surface area contributed by atoms with Gasteiger partial charge in [-0.05, 0) is 0 Å². The van der Waals surface area contributed by atoms with E-state index in [1.54, 1.807) is 42.3 Å². The number of nitrogens with zero attached hydrogens (tertiary/aromatic N) is 2. The molecule has 0 radical (unpaired) electrons. The summed E-state index contributed by atoms with van der Waals surface area (Å²) in [4.78, 5) is 0. The molecule has 21 fully saturated rings. The number of quaternary nitrogens is 2. The Balaban J connectivity index is 1.11. The molecule has 0 aliphatic carbocycles. The van der Waals surface area contributed by atoms with Gasteiger partial charge in [0, 0.05) is 0 Å². The van der Waals surface area contributed by atoms with Crippen LogP contribution in [0.25, 0.3) is 0 Å². The fourth-order valence-electron chi connectivity index (χ4n) is 11.5. The van der Waals surface area contributed by atoms with Gasteiger partial charge in [0.1, 0.15) is 184 Å². The lowest BCUT2D eigenvalue weighted by Crippen LogP contribution is -2.69. The minimum absolute atomic E-state index is 0.0697. The standard InChI is InChI=1S/C48H86N2O33/c1-49(2,3)7-14-35-22(57)29(64)43(71-14)80-38-17(10-52)74-46(32(67)25(38)60)82-40-19(12-54)76-48(34(69)27(40)62)83-41-20(13-55)75-47(33(68)26(41)61)81-39-18(11-53)73-45(31(66)24(39)59)78-36-15(8-50(4,5)6)70-42(28(63)21(36)56)79-37-16(9-51)72-44(77-35)30(65)23(37)58/h14-48,51-69H,7-13H2,1-6H3/q+2/t14-,15-,16-,17-,18-,19-,20-,21-,22-,23-,24-,25-,26-,27-,28-,29-,30-,31-,32-,33-,34-,35-,36-,37-,38-,39-,40-,41-,42-,43-,44-,45-,46-,47-,48-/m1/s1. The van der Waals surface area contributed by atoms with Gasteiger partial charge in [-0.1, -0.05) is 0 Å². The molecule has 0 unspecified atom stereocenters. The third-order valence-corrected chi connectivity index (χ3v) is 15.9. The summed E-state index contributed by atoms with van der Waals surface area (Å²) in [5, 5.41) is 214. The van der Waals surface area contributed by atoms with Crippen molar-refractivity contribution in [3.05, 3.63) is 0 Å². The maximum Gasteiger partial charge on any atom is 0.187 e. The van der Waals surface area contributed by atoms with E-state index in [9.17, 15) is 97.0 Å². The molecule has 21 rings (SSSR count). The molecule has 21 aliphatic heterocycles. The van der Waals surface area contributed by atoms with Crippen LogP contribution in [0.1, 0.15) is 0 Å². The minimum Gasteiger partial charge on any atom is -0.394 e. The molecule has 21 aliphatic rings. The van der Waals surface area contributed by atoms with Crippen molar-refractivity contribution in [2.45, 2.75) is 215 Å². The van der Waals surface area contributed by atoms with E-state index >= 15 is 0 Å². The summed E-state index contributed by atoms with van der Waals surface area (Å²) in [7, 11) is 10.2. The lowest BCUT2D eigenvalue weighted by Gasteiger charge is -2.50. The van der Waals surface area contributed by atoms with Gasteiger partial charge in [0.15, 0.2) is 44.0 Å². The number of aliphatic hydroxyl groups excluding tert-OH is 19. The zero-order valence-electron chi connectivity index (χ0n) is 46.3. The molecule has 484 valence electrons. The summed E-state index contributed by atoms with van der Waals surface area (Å²) in [5.41, 5.74) is 0. The van der Waals surface area contributed by atoms with E-state index in [0.717, 1.165) is 0 Å². The molecule has 0 amide bonds. The summed E-state index contributed by atoms with van der Waals surface area (Å²) < 4.78 is 82.9. The fourth-order valence-corrected chi connectivity index (χ4v) is 11.5. The van der Waals surface area contributed by atoms with Crippen LogP contribution in [0.2, 0.25) is 0 Å². The summed E-state index contributed by atoms with van der Waals surface area (Å²) in [6, 6.07) is 0. The second-order valence-corrected chi connectivity index (χ2v) is 24.2. The summed E-state index contributed by atoms with van der Waals surface area (Å²) in [5.74, 6) is 0. The molecule has 0 aromatic heterocycles.